The first-order chi connectivity index (χ1) is 17.8. The van der Waals surface area contributed by atoms with Crippen molar-refractivity contribution < 1.29 is 22.0 Å². The molecule has 200 valence electrons. The zero-order valence-corrected chi connectivity index (χ0v) is 22.6. The summed E-state index contributed by atoms with van der Waals surface area (Å²) in [4.78, 5) is 24.6. The lowest BCUT2D eigenvalue weighted by molar-refractivity contribution is -0.119. The van der Waals surface area contributed by atoms with Crippen LogP contribution >= 0.6 is 0 Å². The number of Topliss-reactive ketones (excluding diaryl/α,β-unsaturated/α-hetero) is 1. The number of nitrogens with zero attached hydrogens (tertiary/aromatic N) is 4. The fourth-order valence-corrected chi connectivity index (χ4v) is 5.27. The molecule has 1 aromatic carbocycles. The predicted molar refractivity (Wildman–Crippen MR) is 141 cm³/mol. The van der Waals surface area contributed by atoms with E-state index in [1.807, 2.05) is 27.7 Å². The molecular weight excluding hydrogens is 512 g/mol. The summed E-state index contributed by atoms with van der Waals surface area (Å²) < 4.78 is 57.0. The van der Waals surface area contributed by atoms with E-state index in [1.54, 1.807) is 19.1 Å². The molecule has 3 aromatic heterocycles. The molecule has 0 saturated carbocycles. The van der Waals surface area contributed by atoms with Crippen molar-refractivity contribution in [3.8, 4) is 11.4 Å². The first-order valence-corrected chi connectivity index (χ1v) is 13.5. The van der Waals surface area contributed by atoms with Crippen LogP contribution in [0, 0.1) is 24.0 Å². The Labute approximate surface area is 220 Å². The van der Waals surface area contributed by atoms with Crippen LogP contribution in [0.3, 0.4) is 0 Å². The van der Waals surface area contributed by atoms with Crippen LogP contribution in [0.1, 0.15) is 46.1 Å². The summed E-state index contributed by atoms with van der Waals surface area (Å²) in [6.07, 6.45) is 3.65. The van der Waals surface area contributed by atoms with Gasteiger partial charge in [-0.15, -0.1) is 0 Å². The lowest BCUT2D eigenvalue weighted by atomic mass is 9.83. The Bertz CT molecular complexity index is 1610. The Hall–Kier alpha value is -3.73. The molecular formula is C27H29F2N5O3S. The van der Waals surface area contributed by atoms with E-state index < -0.39 is 33.1 Å². The number of halogens is 2. The van der Waals surface area contributed by atoms with E-state index >= 15 is 0 Å². The molecule has 0 saturated heterocycles. The minimum absolute atomic E-state index is 0.0121. The molecule has 3 heterocycles. The first-order valence-electron chi connectivity index (χ1n) is 12.1. The zero-order chi connectivity index (χ0) is 27.8. The number of carbonyl (C=O) groups excluding carboxylic acids is 1. The monoisotopic (exact) mass is 541 g/mol. The standard InChI is InChI=1S/C27H29F2N5O3S/c1-6-18(35)12-23(27(3,4)5)32-25-22(29)14-30-24(33-25)21-15-34(26-20(21)11-17(28)13-31-26)38(36,37)19-9-7-16(2)8-10-19/h7-11,13-15,23H,6,12H2,1-5H3,(H,30,32,33)/t23-/m1/s1. The highest BCUT2D eigenvalue weighted by Gasteiger charge is 2.29. The molecule has 0 amide bonds. The molecule has 4 rings (SSSR count). The number of nitrogens with one attached hydrogen (secondary N) is 1. The number of hydrogen-bond acceptors (Lipinski definition) is 7. The first kappa shape index (κ1) is 27.3. The van der Waals surface area contributed by atoms with E-state index in [0.29, 0.717) is 6.42 Å². The minimum Gasteiger partial charge on any atom is -0.364 e. The van der Waals surface area contributed by atoms with E-state index in [-0.39, 0.29) is 45.3 Å². The molecule has 1 atom stereocenters. The van der Waals surface area contributed by atoms with Gasteiger partial charge in [-0.25, -0.2) is 36.1 Å². The number of carbonyl (C=O) groups is 1. The topological polar surface area (TPSA) is 107 Å². The van der Waals surface area contributed by atoms with Crippen molar-refractivity contribution in [2.24, 2.45) is 5.41 Å². The van der Waals surface area contributed by atoms with Crippen molar-refractivity contribution in [2.45, 2.75) is 58.4 Å². The number of rotatable bonds is 8. The summed E-state index contributed by atoms with van der Waals surface area (Å²) in [5, 5.41) is 3.17. The second-order valence-electron chi connectivity index (χ2n) is 10.2. The van der Waals surface area contributed by atoms with E-state index in [1.165, 1.54) is 18.3 Å². The van der Waals surface area contributed by atoms with Gasteiger partial charge in [0.15, 0.2) is 23.1 Å². The average molecular weight is 542 g/mol. The summed E-state index contributed by atoms with van der Waals surface area (Å²) >= 11 is 0. The third-order valence-corrected chi connectivity index (χ3v) is 7.99. The second-order valence-corrected chi connectivity index (χ2v) is 12.0. The van der Waals surface area contributed by atoms with Crippen LogP contribution in [-0.2, 0) is 14.8 Å². The summed E-state index contributed by atoms with van der Waals surface area (Å²) in [7, 11) is -4.11. The van der Waals surface area contributed by atoms with Gasteiger partial charge in [0, 0.05) is 36.0 Å². The molecule has 0 unspecified atom stereocenters. The molecule has 0 bridgehead atoms. The summed E-state index contributed by atoms with van der Waals surface area (Å²) in [5.41, 5.74) is 0.609. The molecule has 0 aliphatic rings. The quantitative estimate of drug-likeness (QED) is 0.313. The van der Waals surface area contributed by atoms with Crippen LogP contribution < -0.4 is 5.32 Å². The van der Waals surface area contributed by atoms with Crippen LogP contribution in [-0.4, -0.2) is 39.2 Å². The number of pyridine rings is 1. The SMILES string of the molecule is CCC(=O)C[C@@H](Nc1nc(-c2cn(S(=O)(=O)c3ccc(C)cc3)c3ncc(F)cc23)ncc1F)C(C)(C)C. The van der Waals surface area contributed by atoms with Crippen molar-refractivity contribution in [3.05, 3.63) is 66.1 Å². The van der Waals surface area contributed by atoms with E-state index in [2.05, 4.69) is 20.3 Å². The predicted octanol–water partition coefficient (Wildman–Crippen LogP) is 5.51. The maximum absolute atomic E-state index is 14.8. The van der Waals surface area contributed by atoms with Crippen LogP contribution in [0.2, 0.25) is 0 Å². The van der Waals surface area contributed by atoms with E-state index in [9.17, 15) is 22.0 Å². The minimum atomic E-state index is -4.11. The smallest absolute Gasteiger partial charge is 0.269 e. The van der Waals surface area contributed by atoms with E-state index in [4.69, 9.17) is 0 Å². The lowest BCUT2D eigenvalue weighted by Crippen LogP contribution is -2.36. The molecule has 4 aromatic rings. The Kier molecular flexibility index (Phi) is 7.33. The van der Waals surface area contributed by atoms with Crippen molar-refractivity contribution in [1.82, 2.24) is 18.9 Å². The van der Waals surface area contributed by atoms with Gasteiger partial charge in [0.1, 0.15) is 11.6 Å². The molecule has 0 aliphatic heterocycles. The maximum Gasteiger partial charge on any atom is 0.269 e. The van der Waals surface area contributed by atoms with Gasteiger partial charge in [-0.2, -0.15) is 0 Å². The normalized spacial score (nSPS) is 13.0. The molecule has 1 N–H and O–H groups in total. The van der Waals surface area contributed by atoms with Crippen LogP contribution in [0.15, 0.2) is 53.8 Å². The number of fused-ring (bicyclic) bond motifs is 1. The lowest BCUT2D eigenvalue weighted by Gasteiger charge is -2.31. The number of aromatic nitrogens is 4. The highest BCUT2D eigenvalue weighted by Crippen LogP contribution is 2.33. The third kappa shape index (κ3) is 5.42. The number of anilines is 1. The van der Waals surface area contributed by atoms with Crippen molar-refractivity contribution >= 4 is 32.7 Å². The van der Waals surface area contributed by atoms with Gasteiger partial charge >= 0.3 is 0 Å². The van der Waals surface area contributed by atoms with Crippen molar-refractivity contribution in [3.63, 3.8) is 0 Å². The van der Waals surface area contributed by atoms with Gasteiger partial charge in [0.2, 0.25) is 0 Å². The number of benzene rings is 1. The van der Waals surface area contributed by atoms with Gasteiger partial charge in [-0.3, -0.25) is 4.79 Å². The number of ketones is 1. The summed E-state index contributed by atoms with van der Waals surface area (Å²) in [6, 6.07) is 6.98. The molecule has 0 fully saturated rings. The van der Waals surface area contributed by atoms with Gasteiger partial charge in [0.25, 0.3) is 10.0 Å². The van der Waals surface area contributed by atoms with Gasteiger partial charge in [0.05, 0.1) is 17.3 Å². The fraction of sp³-hybridized carbons (Fsp3) is 0.333. The molecule has 38 heavy (non-hydrogen) atoms. The average Bonchev–Trinajstić information content (AvgIpc) is 3.24. The zero-order valence-electron chi connectivity index (χ0n) is 21.8. The van der Waals surface area contributed by atoms with Crippen LogP contribution in [0.4, 0.5) is 14.6 Å². The number of hydrogen-bond donors (Lipinski definition) is 1. The highest BCUT2D eigenvalue weighted by atomic mass is 32.2. The summed E-state index contributed by atoms with van der Waals surface area (Å²) in [6.45, 7) is 9.37. The summed E-state index contributed by atoms with van der Waals surface area (Å²) in [5.74, 6) is -1.59. The largest absolute Gasteiger partial charge is 0.364 e. The Morgan fingerprint density at radius 3 is 2.42 bits per heavy atom. The third-order valence-electron chi connectivity index (χ3n) is 6.32. The number of aryl methyl sites for hydroxylation is 1. The molecule has 0 radical (unpaired) electrons. The van der Waals surface area contributed by atoms with Gasteiger partial charge in [-0.05, 0) is 30.5 Å². The Morgan fingerprint density at radius 2 is 1.79 bits per heavy atom. The van der Waals surface area contributed by atoms with Crippen LogP contribution in [0.5, 0.6) is 0 Å². The highest BCUT2D eigenvalue weighted by molar-refractivity contribution is 7.90. The van der Waals surface area contributed by atoms with E-state index in [0.717, 1.165) is 28.0 Å². The molecule has 11 heteroatoms. The maximum atomic E-state index is 14.8. The van der Waals surface area contributed by atoms with Gasteiger partial charge in [-0.1, -0.05) is 45.4 Å². The second kappa shape index (κ2) is 10.2. The van der Waals surface area contributed by atoms with Crippen molar-refractivity contribution in [1.29, 1.82) is 0 Å². The molecule has 8 nitrogen and oxygen atoms in total. The molecule has 0 aliphatic carbocycles. The van der Waals surface area contributed by atoms with Gasteiger partial charge < -0.3 is 5.32 Å². The molecule has 0 spiro atoms. The van der Waals surface area contributed by atoms with Crippen molar-refractivity contribution in [2.75, 3.05) is 5.32 Å². The Morgan fingerprint density at radius 1 is 1.11 bits per heavy atom. The Balaban J connectivity index is 1.84. The van der Waals surface area contributed by atoms with Crippen LogP contribution in [0.25, 0.3) is 22.4 Å². The fourth-order valence-electron chi connectivity index (χ4n) is 3.95.